The van der Waals surface area contributed by atoms with E-state index in [9.17, 15) is 0 Å². The molecule has 1 unspecified atom stereocenters. The number of hydrogen-bond acceptors (Lipinski definition) is 2. The number of nitrogens with zero attached hydrogens (tertiary/aromatic N) is 2. The molecule has 1 aliphatic heterocycles. The molecule has 1 atom stereocenters. The van der Waals surface area contributed by atoms with E-state index in [1.54, 1.807) is 0 Å². The fourth-order valence-electron chi connectivity index (χ4n) is 6.79. The molecular weight excluding hydrogens is 567 g/mol. The Hall–Kier alpha value is -5.50. The molecule has 0 saturated heterocycles. The van der Waals surface area contributed by atoms with Crippen molar-refractivity contribution < 1.29 is 4.57 Å². The molecule has 0 saturated carbocycles. The van der Waals surface area contributed by atoms with E-state index in [1.165, 1.54) is 21.9 Å². The summed E-state index contributed by atoms with van der Waals surface area (Å²) in [6.45, 7) is 0. The lowest BCUT2D eigenvalue weighted by molar-refractivity contribution is 0.592. The van der Waals surface area contributed by atoms with Gasteiger partial charge in [-0.3, -0.25) is 4.57 Å². The van der Waals surface area contributed by atoms with Gasteiger partial charge in [0.2, 0.25) is 0 Å². The molecule has 0 bridgehead atoms. The predicted octanol–water partition coefficient (Wildman–Crippen LogP) is 9.13. The maximum atomic E-state index is 15.7. The zero-order valence-corrected chi connectivity index (χ0v) is 25.2. The molecule has 9 rings (SSSR count). The summed E-state index contributed by atoms with van der Waals surface area (Å²) in [4.78, 5) is 5.09. The number of hydrogen-bond donors (Lipinski definition) is 0. The molecule has 0 N–H and O–H groups in total. The summed E-state index contributed by atoms with van der Waals surface area (Å²) in [6.07, 6.45) is 0. The van der Waals surface area contributed by atoms with Gasteiger partial charge in [0.1, 0.15) is 5.82 Å². The van der Waals surface area contributed by atoms with Crippen LogP contribution in [0.3, 0.4) is 0 Å². The van der Waals surface area contributed by atoms with E-state index in [-0.39, 0.29) is 0 Å². The summed E-state index contributed by atoms with van der Waals surface area (Å²) in [6, 6.07) is 56.4. The van der Waals surface area contributed by atoms with Crippen molar-refractivity contribution in [1.29, 1.82) is 0 Å². The summed E-state index contributed by atoms with van der Waals surface area (Å²) in [5, 5.41) is 4.96. The van der Waals surface area contributed by atoms with E-state index in [0.717, 1.165) is 55.1 Å². The van der Waals surface area contributed by atoms with Crippen LogP contribution in [-0.2, 0) is 4.57 Å². The molecule has 212 valence electrons. The Morgan fingerprint density at radius 2 is 1.09 bits per heavy atom. The minimum absolute atomic E-state index is 0.830. The first-order valence-corrected chi connectivity index (χ1v) is 16.9. The first-order chi connectivity index (χ1) is 22.2. The van der Waals surface area contributed by atoms with Crippen LogP contribution in [0.4, 0.5) is 0 Å². The Labute approximate surface area is 261 Å². The van der Waals surface area contributed by atoms with Gasteiger partial charge in [0.25, 0.3) is 0 Å². The molecule has 8 aromatic rings. The average Bonchev–Trinajstić information content (AvgIpc) is 3.51. The zero-order valence-electron chi connectivity index (χ0n) is 24.3. The van der Waals surface area contributed by atoms with Crippen molar-refractivity contribution in [2.24, 2.45) is 0 Å². The van der Waals surface area contributed by atoms with Crippen molar-refractivity contribution in [3.8, 4) is 39.3 Å². The monoisotopic (exact) mass is 594 g/mol. The van der Waals surface area contributed by atoms with Crippen molar-refractivity contribution in [2.45, 2.75) is 0 Å². The lowest BCUT2D eigenvalue weighted by atomic mass is 9.98. The second-order valence-electron chi connectivity index (χ2n) is 11.6. The molecule has 1 aliphatic rings. The van der Waals surface area contributed by atoms with Gasteiger partial charge in [-0.25, -0.2) is 4.98 Å². The summed E-state index contributed by atoms with van der Waals surface area (Å²) >= 11 is 0. The van der Waals surface area contributed by atoms with Crippen LogP contribution in [0, 0.1) is 0 Å². The number of aromatic nitrogens is 2. The SMILES string of the molecule is O=P1(c2ccccc2)c2cc(-c3ccc(-c4ccc5ccccc5c4)cc3)ccc2-n2c(-c3ccccc3)nc3cccc1c32. The molecule has 0 fully saturated rings. The van der Waals surface area contributed by atoms with E-state index < -0.39 is 7.14 Å². The number of benzene rings is 7. The number of imidazole rings is 1. The zero-order chi connectivity index (χ0) is 30.0. The quantitative estimate of drug-likeness (QED) is 0.191. The highest BCUT2D eigenvalue weighted by Gasteiger charge is 2.40. The van der Waals surface area contributed by atoms with Crippen LogP contribution >= 0.6 is 7.14 Å². The molecule has 2 heterocycles. The smallest absolute Gasteiger partial charge is 0.175 e. The predicted molar refractivity (Wildman–Crippen MR) is 188 cm³/mol. The highest BCUT2D eigenvalue weighted by molar-refractivity contribution is 7.86. The minimum atomic E-state index is -3.23. The van der Waals surface area contributed by atoms with Gasteiger partial charge < -0.3 is 4.57 Å². The molecule has 0 spiro atoms. The van der Waals surface area contributed by atoms with Gasteiger partial charge in [0, 0.05) is 21.5 Å². The van der Waals surface area contributed by atoms with Crippen molar-refractivity contribution >= 4 is 44.9 Å². The van der Waals surface area contributed by atoms with Gasteiger partial charge in [-0.1, -0.05) is 133 Å². The topological polar surface area (TPSA) is 34.9 Å². The Morgan fingerprint density at radius 1 is 0.467 bits per heavy atom. The molecule has 0 aliphatic carbocycles. The second-order valence-corrected chi connectivity index (χ2v) is 14.3. The third-order valence-corrected chi connectivity index (χ3v) is 12.1. The van der Waals surface area contributed by atoms with Gasteiger partial charge in [-0.05, 0) is 63.4 Å². The third-order valence-electron chi connectivity index (χ3n) is 9.00. The van der Waals surface area contributed by atoms with E-state index in [4.69, 9.17) is 4.98 Å². The molecular formula is C41H27N2OP. The van der Waals surface area contributed by atoms with Crippen LogP contribution in [0.25, 0.3) is 61.1 Å². The highest BCUT2D eigenvalue weighted by atomic mass is 31.2. The van der Waals surface area contributed by atoms with Crippen molar-refractivity contribution in [3.63, 3.8) is 0 Å². The van der Waals surface area contributed by atoms with Crippen LogP contribution < -0.4 is 15.9 Å². The Bertz CT molecular complexity index is 2450. The van der Waals surface area contributed by atoms with E-state index >= 15 is 4.57 Å². The molecule has 3 nitrogen and oxygen atoms in total. The Kier molecular flexibility index (Phi) is 5.78. The molecule has 1 aromatic heterocycles. The number of rotatable bonds is 4. The summed E-state index contributed by atoms with van der Waals surface area (Å²) in [5.41, 5.74) is 8.18. The normalized spacial score (nSPS) is 15.3. The lowest BCUT2D eigenvalue weighted by Crippen LogP contribution is -2.33. The average molecular weight is 595 g/mol. The van der Waals surface area contributed by atoms with Crippen LogP contribution in [-0.4, -0.2) is 9.55 Å². The largest absolute Gasteiger partial charge is 0.308 e. The fraction of sp³-hybridized carbons (Fsp3) is 0. The maximum absolute atomic E-state index is 15.7. The summed E-state index contributed by atoms with van der Waals surface area (Å²) < 4.78 is 17.9. The highest BCUT2D eigenvalue weighted by Crippen LogP contribution is 2.50. The summed E-state index contributed by atoms with van der Waals surface area (Å²) in [5.74, 6) is 0.853. The van der Waals surface area contributed by atoms with Crippen LogP contribution in [0.5, 0.6) is 0 Å². The van der Waals surface area contributed by atoms with E-state index in [1.807, 2.05) is 66.7 Å². The maximum Gasteiger partial charge on any atom is 0.175 e. The lowest BCUT2D eigenvalue weighted by Gasteiger charge is -2.29. The molecule has 0 radical (unpaired) electrons. The van der Waals surface area contributed by atoms with Crippen LogP contribution in [0.2, 0.25) is 0 Å². The standard InChI is InChI=1S/C41H27N2OP/c44-45(35-14-5-2-6-15-35)38-17-9-16-36-40(38)43(41(42-36)31-11-3-1-4-12-31)37-25-24-34(27-39(37)45)30-20-18-29(19-21-30)33-23-22-28-10-7-8-13-32(28)26-33/h1-27H. The van der Waals surface area contributed by atoms with Gasteiger partial charge in [0.05, 0.1) is 16.7 Å². The van der Waals surface area contributed by atoms with Crippen molar-refractivity contribution in [2.75, 3.05) is 0 Å². The van der Waals surface area contributed by atoms with Gasteiger partial charge in [-0.15, -0.1) is 0 Å². The fourth-order valence-corrected chi connectivity index (χ4v) is 9.83. The molecule has 0 amide bonds. The van der Waals surface area contributed by atoms with Crippen LogP contribution in [0.15, 0.2) is 164 Å². The Balaban J connectivity index is 1.24. The first-order valence-electron chi connectivity index (χ1n) is 15.2. The minimum Gasteiger partial charge on any atom is -0.308 e. The van der Waals surface area contributed by atoms with E-state index in [0.29, 0.717) is 0 Å². The number of para-hydroxylation sites is 1. The second kappa shape index (κ2) is 10.0. The van der Waals surface area contributed by atoms with Crippen molar-refractivity contribution in [1.82, 2.24) is 9.55 Å². The molecule has 7 aromatic carbocycles. The molecule has 45 heavy (non-hydrogen) atoms. The number of fused-ring (bicyclic) bond motifs is 3. The van der Waals surface area contributed by atoms with Gasteiger partial charge in [0.15, 0.2) is 7.14 Å². The van der Waals surface area contributed by atoms with Crippen molar-refractivity contribution in [3.05, 3.63) is 164 Å². The summed E-state index contributed by atoms with van der Waals surface area (Å²) in [7, 11) is -3.23. The van der Waals surface area contributed by atoms with Gasteiger partial charge >= 0.3 is 0 Å². The van der Waals surface area contributed by atoms with Gasteiger partial charge in [-0.2, -0.15) is 0 Å². The third kappa shape index (κ3) is 3.98. The van der Waals surface area contributed by atoms with E-state index in [2.05, 4.69) is 102 Å². The Morgan fingerprint density at radius 3 is 1.84 bits per heavy atom. The van der Waals surface area contributed by atoms with Crippen LogP contribution in [0.1, 0.15) is 0 Å². The first kappa shape index (κ1) is 25.9. The molecule has 4 heteroatoms.